The van der Waals surface area contributed by atoms with E-state index in [-0.39, 0.29) is 23.4 Å². The van der Waals surface area contributed by atoms with Gasteiger partial charge in [-0.2, -0.15) is 13.2 Å². The fourth-order valence-electron chi connectivity index (χ4n) is 4.52. The summed E-state index contributed by atoms with van der Waals surface area (Å²) >= 11 is 0. The molecule has 1 aromatic rings. The Balaban J connectivity index is 1.60. The van der Waals surface area contributed by atoms with Gasteiger partial charge in [-0.1, -0.05) is 12.8 Å². The Kier molecular flexibility index (Phi) is 7.94. The van der Waals surface area contributed by atoms with Crippen molar-refractivity contribution in [2.24, 2.45) is 5.92 Å². The Morgan fingerprint density at radius 3 is 2.26 bits per heavy atom. The maximum Gasteiger partial charge on any atom is 0.416 e. The lowest BCUT2D eigenvalue weighted by molar-refractivity contribution is -0.137. The van der Waals surface area contributed by atoms with Crippen LogP contribution in [0.5, 0.6) is 0 Å². The zero-order chi connectivity index (χ0) is 22.4. The molecule has 1 heterocycles. The molecule has 31 heavy (non-hydrogen) atoms. The molecular formula is C22H30F3N3O3. The summed E-state index contributed by atoms with van der Waals surface area (Å²) in [5.74, 6) is 0.0292. The summed E-state index contributed by atoms with van der Waals surface area (Å²) in [6.45, 7) is 2.92. The lowest BCUT2D eigenvalue weighted by Crippen LogP contribution is -2.58. The molecule has 9 heteroatoms. The number of nitrogens with one attached hydrogen (secondary N) is 1. The van der Waals surface area contributed by atoms with Crippen LogP contribution in [0.4, 0.5) is 13.2 Å². The number of methoxy groups -OCH3 is 1. The second-order valence-corrected chi connectivity index (χ2v) is 8.18. The fraction of sp³-hybridized carbons (Fsp3) is 0.636. The summed E-state index contributed by atoms with van der Waals surface area (Å²) in [6, 6.07) is 4.10. The van der Waals surface area contributed by atoms with E-state index in [2.05, 4.69) is 10.2 Å². The molecule has 1 aliphatic heterocycles. The zero-order valence-corrected chi connectivity index (χ0v) is 17.8. The Labute approximate surface area is 180 Å². The zero-order valence-electron chi connectivity index (χ0n) is 17.8. The molecule has 1 saturated carbocycles. The second-order valence-electron chi connectivity index (χ2n) is 8.18. The van der Waals surface area contributed by atoms with Gasteiger partial charge in [-0.15, -0.1) is 0 Å². The molecule has 6 nitrogen and oxygen atoms in total. The highest BCUT2D eigenvalue weighted by Gasteiger charge is 2.37. The van der Waals surface area contributed by atoms with Crippen molar-refractivity contribution in [1.82, 2.24) is 15.1 Å². The Hall–Kier alpha value is -2.13. The monoisotopic (exact) mass is 441 g/mol. The van der Waals surface area contributed by atoms with Gasteiger partial charge in [0, 0.05) is 45.4 Å². The molecule has 1 atom stereocenters. The van der Waals surface area contributed by atoms with Gasteiger partial charge in [0.1, 0.15) is 0 Å². The molecule has 2 fully saturated rings. The smallest absolute Gasteiger partial charge is 0.383 e. The molecule has 0 aromatic heterocycles. The minimum atomic E-state index is -4.42. The number of benzene rings is 1. The van der Waals surface area contributed by atoms with E-state index in [1.54, 1.807) is 12.0 Å². The summed E-state index contributed by atoms with van der Waals surface area (Å²) in [6.07, 6.45) is -0.135. The number of piperazine rings is 1. The Morgan fingerprint density at radius 2 is 1.71 bits per heavy atom. The van der Waals surface area contributed by atoms with Gasteiger partial charge >= 0.3 is 6.18 Å². The van der Waals surface area contributed by atoms with Crippen LogP contribution in [0.15, 0.2) is 24.3 Å². The maximum atomic E-state index is 12.9. The topological polar surface area (TPSA) is 61.9 Å². The van der Waals surface area contributed by atoms with Crippen LogP contribution in [0.1, 0.15) is 41.6 Å². The standard InChI is InChI=1S/C22H30F3N3O3/c1-31-15-10-26-20(29)19(16-4-2-3-5-16)27-11-13-28(14-12-27)21(30)17-6-8-18(9-7-17)22(23,24)25/h6-9,16,19H,2-5,10-15H2,1H3,(H,26,29)/t19-/m0/s1. The number of halogens is 3. The Bertz CT molecular complexity index is 741. The van der Waals surface area contributed by atoms with Gasteiger partial charge in [0.15, 0.2) is 0 Å². The summed E-state index contributed by atoms with van der Waals surface area (Å²) in [7, 11) is 1.59. The van der Waals surface area contributed by atoms with Gasteiger partial charge in [-0.3, -0.25) is 14.5 Å². The van der Waals surface area contributed by atoms with Crippen LogP contribution in [-0.2, 0) is 15.7 Å². The number of rotatable bonds is 7. The van der Waals surface area contributed by atoms with Crippen molar-refractivity contribution >= 4 is 11.8 Å². The number of hydrogen-bond donors (Lipinski definition) is 1. The fourth-order valence-corrected chi connectivity index (χ4v) is 4.52. The minimum Gasteiger partial charge on any atom is -0.383 e. The molecule has 0 unspecified atom stereocenters. The van der Waals surface area contributed by atoms with Crippen molar-refractivity contribution in [3.05, 3.63) is 35.4 Å². The molecule has 2 aliphatic rings. The van der Waals surface area contributed by atoms with Crippen LogP contribution in [-0.4, -0.2) is 74.1 Å². The highest BCUT2D eigenvalue weighted by atomic mass is 19.4. The van der Waals surface area contributed by atoms with E-state index in [0.717, 1.165) is 37.8 Å². The predicted molar refractivity (Wildman–Crippen MR) is 110 cm³/mol. The number of carbonyl (C=O) groups excluding carboxylic acids is 2. The van der Waals surface area contributed by atoms with E-state index >= 15 is 0 Å². The van der Waals surface area contributed by atoms with Crippen LogP contribution in [0.3, 0.4) is 0 Å². The summed E-state index contributed by atoms with van der Waals surface area (Å²) < 4.78 is 43.3. The van der Waals surface area contributed by atoms with Gasteiger partial charge in [0.2, 0.25) is 5.91 Å². The molecule has 0 spiro atoms. The molecule has 1 aromatic carbocycles. The second kappa shape index (κ2) is 10.5. The van der Waals surface area contributed by atoms with Crippen LogP contribution in [0, 0.1) is 5.92 Å². The quantitative estimate of drug-likeness (QED) is 0.661. The normalized spacial score (nSPS) is 19.4. The first-order valence-corrected chi connectivity index (χ1v) is 10.8. The predicted octanol–water partition coefficient (Wildman–Crippen LogP) is 2.78. The Morgan fingerprint density at radius 1 is 1.10 bits per heavy atom. The van der Waals surface area contributed by atoms with Crippen LogP contribution < -0.4 is 5.32 Å². The largest absolute Gasteiger partial charge is 0.416 e. The van der Waals surface area contributed by atoms with Gasteiger partial charge in [0.05, 0.1) is 18.2 Å². The number of ether oxygens (including phenoxy) is 1. The van der Waals surface area contributed by atoms with Crippen molar-refractivity contribution in [3.8, 4) is 0 Å². The van der Waals surface area contributed by atoms with Crippen LogP contribution >= 0.6 is 0 Å². The molecule has 172 valence electrons. The summed E-state index contributed by atoms with van der Waals surface area (Å²) in [5, 5.41) is 2.96. The molecule has 1 aliphatic carbocycles. The first kappa shape index (κ1) is 23.5. The average molecular weight is 441 g/mol. The van der Waals surface area contributed by atoms with Gasteiger partial charge in [-0.25, -0.2) is 0 Å². The van der Waals surface area contributed by atoms with Gasteiger partial charge < -0.3 is 15.0 Å². The van der Waals surface area contributed by atoms with Crippen LogP contribution in [0.25, 0.3) is 0 Å². The lowest BCUT2D eigenvalue weighted by Gasteiger charge is -2.40. The molecule has 1 saturated heterocycles. The van der Waals surface area contributed by atoms with E-state index in [9.17, 15) is 22.8 Å². The first-order chi connectivity index (χ1) is 14.8. The third kappa shape index (κ3) is 5.98. The summed E-state index contributed by atoms with van der Waals surface area (Å²) in [4.78, 5) is 29.4. The van der Waals surface area contributed by atoms with Crippen molar-refractivity contribution < 1.29 is 27.5 Å². The van der Waals surface area contributed by atoms with E-state index < -0.39 is 11.7 Å². The van der Waals surface area contributed by atoms with E-state index in [0.29, 0.717) is 45.2 Å². The highest BCUT2D eigenvalue weighted by Crippen LogP contribution is 2.32. The highest BCUT2D eigenvalue weighted by molar-refractivity contribution is 5.94. The van der Waals surface area contributed by atoms with Gasteiger partial charge in [-0.05, 0) is 43.0 Å². The number of alkyl halides is 3. The third-order valence-electron chi connectivity index (χ3n) is 6.17. The maximum absolute atomic E-state index is 12.9. The lowest BCUT2D eigenvalue weighted by atomic mass is 9.95. The summed E-state index contributed by atoms with van der Waals surface area (Å²) in [5.41, 5.74) is -0.529. The number of hydrogen-bond acceptors (Lipinski definition) is 4. The van der Waals surface area contributed by atoms with Crippen molar-refractivity contribution in [2.45, 2.75) is 37.9 Å². The number of nitrogens with zero attached hydrogens (tertiary/aromatic N) is 2. The van der Waals surface area contributed by atoms with Crippen molar-refractivity contribution in [1.29, 1.82) is 0 Å². The molecular weight excluding hydrogens is 411 g/mol. The minimum absolute atomic E-state index is 0.00599. The van der Waals surface area contributed by atoms with E-state index in [1.165, 1.54) is 12.1 Å². The number of carbonyl (C=O) groups is 2. The third-order valence-corrected chi connectivity index (χ3v) is 6.17. The SMILES string of the molecule is COCCNC(=O)[C@H](C1CCCC1)N1CCN(C(=O)c2ccc(C(F)(F)F)cc2)CC1. The van der Waals surface area contributed by atoms with E-state index in [4.69, 9.17) is 4.74 Å². The molecule has 0 bridgehead atoms. The average Bonchev–Trinajstić information content (AvgIpc) is 3.28. The first-order valence-electron chi connectivity index (χ1n) is 10.8. The van der Waals surface area contributed by atoms with E-state index in [1.807, 2.05) is 0 Å². The number of amides is 2. The van der Waals surface area contributed by atoms with Crippen molar-refractivity contribution in [2.75, 3.05) is 46.4 Å². The molecule has 0 radical (unpaired) electrons. The molecule has 3 rings (SSSR count). The van der Waals surface area contributed by atoms with Crippen molar-refractivity contribution in [3.63, 3.8) is 0 Å². The molecule has 1 N–H and O–H groups in total. The van der Waals surface area contributed by atoms with Gasteiger partial charge in [0.25, 0.3) is 5.91 Å². The molecule has 2 amide bonds. The van der Waals surface area contributed by atoms with Crippen LogP contribution in [0.2, 0.25) is 0 Å².